The normalized spacial score (nSPS) is 11.3. The van der Waals surface area contributed by atoms with Crippen molar-refractivity contribution in [3.05, 3.63) is 58.9 Å². The molecule has 0 spiro atoms. The quantitative estimate of drug-likeness (QED) is 0.911. The summed E-state index contributed by atoms with van der Waals surface area (Å²) in [5.41, 5.74) is 5.87. The Labute approximate surface area is 121 Å². The fourth-order valence-electron chi connectivity index (χ4n) is 1.62. The molecule has 7 heteroatoms. The number of hydrogen-bond acceptors (Lipinski definition) is 3. The van der Waals surface area contributed by atoms with Crippen molar-refractivity contribution in [3.63, 3.8) is 0 Å². The molecule has 2 rings (SSSR count). The van der Waals surface area contributed by atoms with Gasteiger partial charge in [-0.2, -0.15) is 0 Å². The van der Waals surface area contributed by atoms with E-state index < -0.39 is 15.8 Å². The molecule has 0 saturated heterocycles. The maximum atomic E-state index is 13.5. The van der Waals surface area contributed by atoms with E-state index in [1.807, 2.05) is 0 Å². The van der Waals surface area contributed by atoms with Crippen molar-refractivity contribution >= 4 is 27.3 Å². The fourth-order valence-corrected chi connectivity index (χ4v) is 2.93. The van der Waals surface area contributed by atoms with Gasteiger partial charge in [0.2, 0.25) is 0 Å². The van der Waals surface area contributed by atoms with E-state index >= 15 is 0 Å². The van der Waals surface area contributed by atoms with Crippen molar-refractivity contribution in [1.82, 2.24) is 0 Å². The van der Waals surface area contributed by atoms with Crippen LogP contribution in [-0.4, -0.2) is 8.42 Å². The molecule has 0 atom stereocenters. The fraction of sp³-hybridized carbons (Fsp3) is 0.0769. The summed E-state index contributed by atoms with van der Waals surface area (Å²) in [5.74, 6) is -0.649. The highest BCUT2D eigenvalue weighted by atomic mass is 35.5. The summed E-state index contributed by atoms with van der Waals surface area (Å²) in [6.07, 6.45) is 0. The zero-order valence-corrected chi connectivity index (χ0v) is 11.9. The van der Waals surface area contributed by atoms with Gasteiger partial charge in [0.25, 0.3) is 10.0 Å². The van der Waals surface area contributed by atoms with Crippen LogP contribution < -0.4 is 10.5 Å². The third-order valence-corrected chi connectivity index (χ3v) is 4.40. The summed E-state index contributed by atoms with van der Waals surface area (Å²) in [7, 11) is -3.89. The Hall–Kier alpha value is -1.63. The van der Waals surface area contributed by atoms with Crippen LogP contribution in [0.25, 0.3) is 0 Å². The molecule has 4 nitrogen and oxygen atoms in total. The molecule has 0 unspecified atom stereocenters. The SMILES string of the molecule is NCc1cc(S(=O)(=O)Nc2ccccc2F)ccc1Cl. The van der Waals surface area contributed by atoms with Gasteiger partial charge in [0.1, 0.15) is 5.82 Å². The smallest absolute Gasteiger partial charge is 0.261 e. The molecule has 0 bridgehead atoms. The highest BCUT2D eigenvalue weighted by molar-refractivity contribution is 7.92. The standard InChI is InChI=1S/C13H12ClFN2O2S/c14-11-6-5-10(7-9(11)8-16)20(18,19)17-13-4-2-1-3-12(13)15/h1-7,17H,8,16H2. The lowest BCUT2D eigenvalue weighted by molar-refractivity contribution is 0.598. The number of halogens is 2. The molecule has 3 N–H and O–H groups in total. The van der Waals surface area contributed by atoms with Gasteiger partial charge >= 0.3 is 0 Å². The average Bonchev–Trinajstić information content (AvgIpc) is 2.41. The summed E-state index contributed by atoms with van der Waals surface area (Å²) in [4.78, 5) is -0.0226. The van der Waals surface area contributed by atoms with Crippen molar-refractivity contribution in [1.29, 1.82) is 0 Å². The van der Waals surface area contributed by atoms with Crippen LogP contribution >= 0.6 is 11.6 Å². The maximum absolute atomic E-state index is 13.5. The first kappa shape index (κ1) is 14.8. The van der Waals surface area contributed by atoms with Crippen molar-refractivity contribution in [3.8, 4) is 0 Å². The van der Waals surface area contributed by atoms with Gasteiger partial charge in [0, 0.05) is 11.6 Å². The Morgan fingerprint density at radius 2 is 1.90 bits per heavy atom. The molecule has 2 aromatic rings. The Morgan fingerprint density at radius 3 is 2.55 bits per heavy atom. The van der Waals surface area contributed by atoms with E-state index in [0.29, 0.717) is 10.6 Å². The van der Waals surface area contributed by atoms with E-state index in [1.54, 1.807) is 0 Å². The second kappa shape index (κ2) is 5.78. The molecule has 0 amide bonds. The zero-order chi connectivity index (χ0) is 14.8. The Morgan fingerprint density at radius 1 is 1.20 bits per heavy atom. The highest BCUT2D eigenvalue weighted by Crippen LogP contribution is 2.23. The zero-order valence-electron chi connectivity index (χ0n) is 10.3. The first-order valence-electron chi connectivity index (χ1n) is 5.70. The lowest BCUT2D eigenvalue weighted by atomic mass is 10.2. The summed E-state index contributed by atoms with van der Waals surface area (Å²) in [5, 5.41) is 0.386. The summed E-state index contributed by atoms with van der Waals surface area (Å²) >= 11 is 5.88. The number of benzene rings is 2. The van der Waals surface area contributed by atoms with Gasteiger partial charge < -0.3 is 5.73 Å². The van der Waals surface area contributed by atoms with Crippen LogP contribution in [0.15, 0.2) is 47.4 Å². The molecule has 0 heterocycles. The van der Waals surface area contributed by atoms with Gasteiger partial charge in [-0.15, -0.1) is 0 Å². The molecular weight excluding hydrogens is 303 g/mol. The van der Waals surface area contributed by atoms with E-state index in [4.69, 9.17) is 17.3 Å². The van der Waals surface area contributed by atoms with Crippen molar-refractivity contribution in [2.24, 2.45) is 5.73 Å². The van der Waals surface area contributed by atoms with Crippen LogP contribution in [0.3, 0.4) is 0 Å². The van der Waals surface area contributed by atoms with E-state index in [9.17, 15) is 12.8 Å². The molecule has 0 aliphatic rings. The van der Waals surface area contributed by atoms with Gasteiger partial charge in [0.15, 0.2) is 0 Å². The van der Waals surface area contributed by atoms with Crippen LogP contribution in [0.2, 0.25) is 5.02 Å². The van der Waals surface area contributed by atoms with Crippen molar-refractivity contribution in [2.45, 2.75) is 11.4 Å². The molecule has 2 aromatic carbocycles. The van der Waals surface area contributed by atoms with E-state index in [2.05, 4.69) is 4.72 Å². The van der Waals surface area contributed by atoms with Gasteiger partial charge in [-0.25, -0.2) is 12.8 Å². The second-order valence-corrected chi connectivity index (χ2v) is 6.13. The molecule has 0 aliphatic heterocycles. The molecule has 20 heavy (non-hydrogen) atoms. The van der Waals surface area contributed by atoms with Gasteiger partial charge in [-0.05, 0) is 35.9 Å². The summed E-state index contributed by atoms with van der Waals surface area (Å²) < 4.78 is 40.0. The molecule has 0 saturated carbocycles. The number of para-hydroxylation sites is 1. The van der Waals surface area contributed by atoms with Crippen LogP contribution in [0, 0.1) is 5.82 Å². The lowest BCUT2D eigenvalue weighted by Crippen LogP contribution is -2.14. The molecule has 0 aromatic heterocycles. The third kappa shape index (κ3) is 3.09. The first-order valence-corrected chi connectivity index (χ1v) is 7.56. The number of rotatable bonds is 4. The van der Waals surface area contributed by atoms with E-state index in [0.717, 1.165) is 0 Å². The Balaban J connectivity index is 2.38. The highest BCUT2D eigenvalue weighted by Gasteiger charge is 2.17. The first-order chi connectivity index (χ1) is 9.44. The monoisotopic (exact) mass is 314 g/mol. The van der Waals surface area contributed by atoms with E-state index in [1.165, 1.54) is 42.5 Å². The third-order valence-electron chi connectivity index (χ3n) is 2.67. The minimum Gasteiger partial charge on any atom is -0.326 e. The molecule has 0 radical (unpaired) electrons. The number of sulfonamides is 1. The lowest BCUT2D eigenvalue weighted by Gasteiger charge is -2.10. The molecule has 0 fully saturated rings. The molecule has 106 valence electrons. The van der Waals surface area contributed by atoms with Crippen molar-refractivity contribution < 1.29 is 12.8 Å². The average molecular weight is 315 g/mol. The van der Waals surface area contributed by atoms with Crippen LogP contribution in [0.1, 0.15) is 5.56 Å². The summed E-state index contributed by atoms with van der Waals surface area (Å²) in [6.45, 7) is 0.113. The molecular formula is C13H12ClFN2O2S. The van der Waals surface area contributed by atoms with Crippen LogP contribution in [-0.2, 0) is 16.6 Å². The van der Waals surface area contributed by atoms with Gasteiger partial charge in [-0.3, -0.25) is 4.72 Å². The largest absolute Gasteiger partial charge is 0.326 e. The topological polar surface area (TPSA) is 72.2 Å². The number of hydrogen-bond donors (Lipinski definition) is 2. The molecule has 0 aliphatic carbocycles. The van der Waals surface area contributed by atoms with Crippen molar-refractivity contribution in [2.75, 3.05) is 4.72 Å². The second-order valence-electron chi connectivity index (χ2n) is 4.04. The van der Waals surface area contributed by atoms with Gasteiger partial charge in [-0.1, -0.05) is 23.7 Å². The number of anilines is 1. The summed E-state index contributed by atoms with van der Waals surface area (Å²) in [6, 6.07) is 9.67. The van der Waals surface area contributed by atoms with Crippen LogP contribution in [0.4, 0.5) is 10.1 Å². The number of nitrogens with two attached hydrogens (primary N) is 1. The van der Waals surface area contributed by atoms with Crippen LogP contribution in [0.5, 0.6) is 0 Å². The predicted octanol–water partition coefficient (Wildman–Crippen LogP) is 2.74. The van der Waals surface area contributed by atoms with E-state index in [-0.39, 0.29) is 17.1 Å². The number of nitrogens with one attached hydrogen (secondary N) is 1. The maximum Gasteiger partial charge on any atom is 0.261 e. The Bertz CT molecular complexity index is 735. The van der Waals surface area contributed by atoms with Gasteiger partial charge in [0.05, 0.1) is 10.6 Å². The minimum atomic E-state index is -3.89. The minimum absolute atomic E-state index is 0.0226. The Kier molecular flexibility index (Phi) is 4.27. The predicted molar refractivity (Wildman–Crippen MR) is 76.6 cm³/mol.